The highest BCUT2D eigenvalue weighted by molar-refractivity contribution is 5.82. The zero-order valence-corrected chi connectivity index (χ0v) is 11.6. The molecule has 1 rings (SSSR count). The summed E-state index contributed by atoms with van der Waals surface area (Å²) < 4.78 is 5.24. The second kappa shape index (κ2) is 8.11. The lowest BCUT2D eigenvalue weighted by molar-refractivity contribution is -0.122. The fraction of sp³-hybridized carbons (Fsp3) is 0.857. The Morgan fingerprint density at radius 1 is 1.33 bits per heavy atom. The smallest absolute Gasteiger partial charge is 0.410 e. The van der Waals surface area contributed by atoms with Crippen molar-refractivity contribution in [2.45, 2.75) is 64.8 Å². The standard InChI is InChI=1S/C14H25NO3/c1-3-5-7-12-11-13(16)8-9-15(12)14(17)18-10-6-4-2/h12H,3-11H2,1-2H3. The lowest BCUT2D eigenvalue weighted by Crippen LogP contribution is -2.46. The van der Waals surface area contributed by atoms with Gasteiger partial charge in [-0.1, -0.05) is 33.1 Å². The number of nitrogens with zero attached hydrogens (tertiary/aromatic N) is 1. The van der Waals surface area contributed by atoms with E-state index in [9.17, 15) is 9.59 Å². The number of carbonyl (C=O) groups excluding carboxylic acids is 2. The number of hydrogen-bond donors (Lipinski definition) is 0. The van der Waals surface area contributed by atoms with Gasteiger partial charge in [0.25, 0.3) is 0 Å². The molecule has 4 nitrogen and oxygen atoms in total. The molecule has 0 saturated carbocycles. The van der Waals surface area contributed by atoms with E-state index in [1.54, 1.807) is 4.90 Å². The first-order chi connectivity index (χ1) is 8.69. The summed E-state index contributed by atoms with van der Waals surface area (Å²) in [5, 5.41) is 0. The normalized spacial score (nSPS) is 20.0. The molecule has 1 fully saturated rings. The number of piperidine rings is 1. The molecule has 18 heavy (non-hydrogen) atoms. The Morgan fingerprint density at radius 2 is 2.06 bits per heavy atom. The van der Waals surface area contributed by atoms with Crippen molar-refractivity contribution in [3.63, 3.8) is 0 Å². The van der Waals surface area contributed by atoms with Gasteiger partial charge in [-0.3, -0.25) is 4.79 Å². The first-order valence-electron chi connectivity index (χ1n) is 7.14. The summed E-state index contributed by atoms with van der Waals surface area (Å²) in [5.41, 5.74) is 0. The van der Waals surface area contributed by atoms with Gasteiger partial charge in [-0.15, -0.1) is 0 Å². The molecule has 1 saturated heterocycles. The van der Waals surface area contributed by atoms with Crippen LogP contribution in [-0.2, 0) is 9.53 Å². The fourth-order valence-corrected chi connectivity index (χ4v) is 2.23. The predicted molar refractivity (Wildman–Crippen MR) is 70.5 cm³/mol. The van der Waals surface area contributed by atoms with Crippen LogP contribution in [-0.4, -0.2) is 36.0 Å². The monoisotopic (exact) mass is 255 g/mol. The highest BCUT2D eigenvalue weighted by Crippen LogP contribution is 2.20. The molecule has 0 aliphatic carbocycles. The number of rotatable bonds is 6. The maximum Gasteiger partial charge on any atom is 0.410 e. The van der Waals surface area contributed by atoms with Gasteiger partial charge >= 0.3 is 6.09 Å². The van der Waals surface area contributed by atoms with Gasteiger partial charge in [-0.2, -0.15) is 0 Å². The Kier molecular flexibility index (Phi) is 6.76. The van der Waals surface area contributed by atoms with Crippen LogP contribution >= 0.6 is 0 Å². The average Bonchev–Trinajstić information content (AvgIpc) is 2.36. The molecular formula is C14H25NO3. The number of carbonyl (C=O) groups is 2. The molecule has 0 bridgehead atoms. The Bertz CT molecular complexity index is 278. The molecule has 0 N–H and O–H groups in total. The summed E-state index contributed by atoms with van der Waals surface area (Å²) in [6.45, 7) is 5.20. The van der Waals surface area contributed by atoms with Crippen LogP contribution in [0.15, 0.2) is 0 Å². The molecule has 0 spiro atoms. The zero-order valence-electron chi connectivity index (χ0n) is 11.6. The van der Waals surface area contributed by atoms with Crippen molar-refractivity contribution in [2.24, 2.45) is 0 Å². The molecule has 1 aliphatic rings. The van der Waals surface area contributed by atoms with E-state index < -0.39 is 0 Å². The van der Waals surface area contributed by atoms with Gasteiger partial charge in [0.05, 0.1) is 6.61 Å². The summed E-state index contributed by atoms with van der Waals surface area (Å²) in [5.74, 6) is 0.272. The van der Waals surface area contributed by atoms with Gasteiger partial charge in [0.1, 0.15) is 5.78 Å². The zero-order chi connectivity index (χ0) is 13.4. The van der Waals surface area contributed by atoms with Crippen LogP contribution in [0.5, 0.6) is 0 Å². The second-order valence-corrected chi connectivity index (χ2v) is 4.95. The van der Waals surface area contributed by atoms with Gasteiger partial charge in [0.2, 0.25) is 0 Å². The Morgan fingerprint density at radius 3 is 2.72 bits per heavy atom. The number of hydrogen-bond acceptors (Lipinski definition) is 3. The van der Waals surface area contributed by atoms with Gasteiger partial charge < -0.3 is 9.64 Å². The van der Waals surface area contributed by atoms with Crippen molar-refractivity contribution in [1.82, 2.24) is 4.90 Å². The van der Waals surface area contributed by atoms with Crippen LogP contribution in [0.2, 0.25) is 0 Å². The second-order valence-electron chi connectivity index (χ2n) is 4.95. The average molecular weight is 255 g/mol. The summed E-state index contributed by atoms with van der Waals surface area (Å²) >= 11 is 0. The van der Waals surface area contributed by atoms with E-state index in [0.29, 0.717) is 26.0 Å². The molecule has 1 aliphatic heterocycles. The summed E-state index contributed by atoms with van der Waals surface area (Å²) in [6.07, 6.45) is 5.71. The van der Waals surface area contributed by atoms with E-state index >= 15 is 0 Å². The Hall–Kier alpha value is -1.06. The third-order valence-electron chi connectivity index (χ3n) is 3.38. The van der Waals surface area contributed by atoms with Crippen LogP contribution in [0, 0.1) is 0 Å². The number of Topliss-reactive ketones (excluding diaryl/α,β-unsaturated/α-hetero) is 1. The SMILES string of the molecule is CCCCOC(=O)N1CCC(=O)CC1CCCC. The van der Waals surface area contributed by atoms with Crippen LogP contribution in [0.1, 0.15) is 58.8 Å². The molecule has 0 aromatic carbocycles. The molecule has 104 valence electrons. The van der Waals surface area contributed by atoms with E-state index in [-0.39, 0.29) is 17.9 Å². The van der Waals surface area contributed by atoms with Gasteiger partial charge in [0.15, 0.2) is 0 Å². The minimum absolute atomic E-state index is 0.0559. The van der Waals surface area contributed by atoms with Gasteiger partial charge in [-0.25, -0.2) is 4.79 Å². The molecule has 1 atom stereocenters. The quantitative estimate of drug-likeness (QED) is 0.685. The van der Waals surface area contributed by atoms with E-state index in [2.05, 4.69) is 13.8 Å². The highest BCUT2D eigenvalue weighted by atomic mass is 16.6. The van der Waals surface area contributed by atoms with Crippen LogP contribution < -0.4 is 0 Å². The van der Waals surface area contributed by atoms with Crippen LogP contribution in [0.25, 0.3) is 0 Å². The maximum atomic E-state index is 11.9. The molecule has 0 radical (unpaired) electrons. The van der Waals surface area contributed by atoms with Crippen molar-refractivity contribution >= 4 is 11.9 Å². The third kappa shape index (κ3) is 4.67. The minimum Gasteiger partial charge on any atom is -0.449 e. The molecule has 0 aromatic rings. The number of unbranched alkanes of at least 4 members (excludes halogenated alkanes) is 2. The highest BCUT2D eigenvalue weighted by Gasteiger charge is 2.30. The molecule has 0 aromatic heterocycles. The van der Waals surface area contributed by atoms with Crippen molar-refractivity contribution < 1.29 is 14.3 Å². The number of ether oxygens (including phenoxy) is 1. The molecule has 4 heteroatoms. The number of amides is 1. The minimum atomic E-state index is -0.239. The van der Waals surface area contributed by atoms with Crippen molar-refractivity contribution in [1.29, 1.82) is 0 Å². The van der Waals surface area contributed by atoms with E-state index in [1.807, 2.05) is 0 Å². The van der Waals surface area contributed by atoms with E-state index in [0.717, 1.165) is 32.1 Å². The van der Waals surface area contributed by atoms with Gasteiger partial charge in [-0.05, 0) is 12.8 Å². The molecule has 1 unspecified atom stereocenters. The largest absolute Gasteiger partial charge is 0.449 e. The maximum absolute atomic E-state index is 11.9. The molecule has 1 heterocycles. The van der Waals surface area contributed by atoms with Gasteiger partial charge in [0, 0.05) is 25.4 Å². The molecule has 1 amide bonds. The van der Waals surface area contributed by atoms with E-state index in [4.69, 9.17) is 4.74 Å². The predicted octanol–water partition coefficient (Wildman–Crippen LogP) is 3.15. The first kappa shape index (κ1) is 15.0. The summed E-state index contributed by atoms with van der Waals surface area (Å²) in [7, 11) is 0. The van der Waals surface area contributed by atoms with E-state index in [1.165, 1.54) is 0 Å². The molecular weight excluding hydrogens is 230 g/mol. The van der Waals surface area contributed by atoms with Crippen molar-refractivity contribution in [3.05, 3.63) is 0 Å². The summed E-state index contributed by atoms with van der Waals surface area (Å²) in [4.78, 5) is 25.2. The van der Waals surface area contributed by atoms with Crippen molar-refractivity contribution in [3.8, 4) is 0 Å². The topological polar surface area (TPSA) is 46.6 Å². The first-order valence-corrected chi connectivity index (χ1v) is 7.14. The Balaban J connectivity index is 2.47. The van der Waals surface area contributed by atoms with Crippen LogP contribution in [0.4, 0.5) is 4.79 Å². The third-order valence-corrected chi connectivity index (χ3v) is 3.38. The Labute approximate surface area is 110 Å². The van der Waals surface area contributed by atoms with Crippen molar-refractivity contribution in [2.75, 3.05) is 13.2 Å². The lowest BCUT2D eigenvalue weighted by atomic mass is 9.97. The lowest BCUT2D eigenvalue weighted by Gasteiger charge is -2.34. The fourth-order valence-electron chi connectivity index (χ4n) is 2.23. The number of likely N-dealkylation sites (tertiary alicyclic amines) is 1. The summed E-state index contributed by atoms with van der Waals surface area (Å²) in [6, 6.07) is 0.0559. The number of ketones is 1. The van der Waals surface area contributed by atoms with Crippen LogP contribution in [0.3, 0.4) is 0 Å².